The molecule has 0 aliphatic carbocycles. The number of carbonyl (C=O) groups is 1. The smallest absolute Gasteiger partial charge is 0.336 e. The van der Waals surface area contributed by atoms with Crippen molar-refractivity contribution in [1.29, 1.82) is 0 Å². The molecule has 0 spiro atoms. The summed E-state index contributed by atoms with van der Waals surface area (Å²) in [6, 6.07) is 10.9. The normalized spacial score (nSPS) is 11.3. The minimum atomic E-state index is -1.19. The fourth-order valence-electron chi connectivity index (χ4n) is 1.54. The summed E-state index contributed by atoms with van der Waals surface area (Å²) < 4.78 is 13.6. The molecule has 3 nitrogen and oxygen atoms in total. The molecular weight excluding hydrogens is 233 g/mol. The Bertz CT molecular complexity index is 594. The van der Waals surface area contributed by atoms with Crippen LogP contribution in [0.2, 0.25) is 0 Å². The van der Waals surface area contributed by atoms with Crippen LogP contribution in [0.1, 0.15) is 11.3 Å². The second kappa shape index (κ2) is 5.23. The fraction of sp³-hybridized carbons (Fsp3) is 0. The SMILES string of the molecule is O=C(O)/C(=C/c1ccccn1)c1ccccc1F. The first-order valence-electron chi connectivity index (χ1n) is 5.29. The average molecular weight is 243 g/mol. The number of nitrogens with zero attached hydrogens (tertiary/aromatic N) is 1. The zero-order valence-corrected chi connectivity index (χ0v) is 9.38. The lowest BCUT2D eigenvalue weighted by molar-refractivity contribution is -0.130. The van der Waals surface area contributed by atoms with E-state index in [1.807, 2.05) is 0 Å². The Morgan fingerprint density at radius 2 is 1.89 bits per heavy atom. The number of carboxylic acids is 1. The molecule has 0 aliphatic rings. The van der Waals surface area contributed by atoms with Gasteiger partial charge in [0.1, 0.15) is 5.82 Å². The lowest BCUT2D eigenvalue weighted by Crippen LogP contribution is -2.02. The molecule has 0 saturated carbocycles. The summed E-state index contributed by atoms with van der Waals surface area (Å²) in [7, 11) is 0. The summed E-state index contributed by atoms with van der Waals surface area (Å²) in [5, 5.41) is 9.15. The van der Waals surface area contributed by atoms with Crippen LogP contribution < -0.4 is 0 Å². The third-order valence-electron chi connectivity index (χ3n) is 2.37. The molecule has 0 atom stereocenters. The minimum Gasteiger partial charge on any atom is -0.478 e. The number of hydrogen-bond donors (Lipinski definition) is 1. The second-order valence-electron chi connectivity index (χ2n) is 3.60. The summed E-state index contributed by atoms with van der Waals surface area (Å²) >= 11 is 0. The summed E-state index contributed by atoms with van der Waals surface area (Å²) in [5.41, 5.74) is 0.403. The monoisotopic (exact) mass is 243 g/mol. The van der Waals surface area contributed by atoms with E-state index < -0.39 is 11.8 Å². The zero-order chi connectivity index (χ0) is 13.0. The lowest BCUT2D eigenvalue weighted by atomic mass is 10.0. The first-order valence-corrected chi connectivity index (χ1v) is 5.29. The third kappa shape index (κ3) is 2.60. The van der Waals surface area contributed by atoms with Gasteiger partial charge in [-0.25, -0.2) is 9.18 Å². The summed E-state index contributed by atoms with van der Waals surface area (Å²) in [4.78, 5) is 15.2. The molecule has 1 N–H and O–H groups in total. The first kappa shape index (κ1) is 12.0. The molecule has 1 aromatic heterocycles. The van der Waals surface area contributed by atoms with Crippen molar-refractivity contribution in [3.8, 4) is 0 Å². The van der Waals surface area contributed by atoms with Crippen LogP contribution in [-0.2, 0) is 4.79 Å². The van der Waals surface area contributed by atoms with Crippen molar-refractivity contribution in [2.24, 2.45) is 0 Å². The van der Waals surface area contributed by atoms with Gasteiger partial charge in [0, 0.05) is 11.8 Å². The van der Waals surface area contributed by atoms with E-state index in [4.69, 9.17) is 5.11 Å². The zero-order valence-electron chi connectivity index (χ0n) is 9.38. The van der Waals surface area contributed by atoms with Crippen molar-refractivity contribution >= 4 is 17.6 Å². The molecule has 90 valence electrons. The minimum absolute atomic E-state index is 0.0515. The molecule has 1 aromatic carbocycles. The molecule has 0 amide bonds. The Kier molecular flexibility index (Phi) is 3.48. The predicted octanol–water partition coefficient (Wildman–Crippen LogP) is 2.85. The van der Waals surface area contributed by atoms with Gasteiger partial charge in [-0.1, -0.05) is 24.3 Å². The number of aromatic nitrogens is 1. The highest BCUT2D eigenvalue weighted by Crippen LogP contribution is 2.20. The molecule has 0 bridgehead atoms. The van der Waals surface area contributed by atoms with Crippen molar-refractivity contribution < 1.29 is 14.3 Å². The van der Waals surface area contributed by atoms with E-state index >= 15 is 0 Å². The van der Waals surface area contributed by atoms with Gasteiger partial charge in [-0.05, 0) is 24.3 Å². The number of pyridine rings is 1. The molecule has 0 radical (unpaired) electrons. The van der Waals surface area contributed by atoms with E-state index in [0.717, 1.165) is 0 Å². The van der Waals surface area contributed by atoms with Crippen molar-refractivity contribution in [3.05, 3.63) is 65.7 Å². The van der Waals surface area contributed by atoms with Crippen molar-refractivity contribution in [3.63, 3.8) is 0 Å². The molecule has 2 aromatic rings. The molecule has 0 aliphatic heterocycles. The summed E-state index contributed by atoms with van der Waals surface area (Å²) in [5.74, 6) is -1.76. The summed E-state index contributed by atoms with van der Waals surface area (Å²) in [6.07, 6.45) is 2.90. The highest BCUT2D eigenvalue weighted by molar-refractivity contribution is 6.20. The van der Waals surface area contributed by atoms with Crippen LogP contribution in [0.5, 0.6) is 0 Å². The molecule has 18 heavy (non-hydrogen) atoms. The Morgan fingerprint density at radius 3 is 2.50 bits per heavy atom. The maximum atomic E-state index is 13.6. The second-order valence-corrected chi connectivity index (χ2v) is 3.60. The van der Waals surface area contributed by atoms with E-state index in [9.17, 15) is 9.18 Å². The van der Waals surface area contributed by atoms with Crippen LogP contribution in [0.3, 0.4) is 0 Å². The number of halogens is 1. The van der Waals surface area contributed by atoms with Gasteiger partial charge in [-0.15, -0.1) is 0 Å². The van der Waals surface area contributed by atoms with Crippen LogP contribution in [0.4, 0.5) is 4.39 Å². The highest BCUT2D eigenvalue weighted by atomic mass is 19.1. The van der Waals surface area contributed by atoms with Crippen LogP contribution in [0.25, 0.3) is 11.6 Å². The number of aliphatic carboxylic acids is 1. The van der Waals surface area contributed by atoms with E-state index in [0.29, 0.717) is 5.69 Å². The Balaban J connectivity index is 2.51. The van der Waals surface area contributed by atoms with Gasteiger partial charge in [0.25, 0.3) is 0 Å². The van der Waals surface area contributed by atoms with E-state index in [2.05, 4.69) is 4.98 Å². The van der Waals surface area contributed by atoms with Gasteiger partial charge < -0.3 is 5.11 Å². The van der Waals surface area contributed by atoms with Gasteiger partial charge in [0.05, 0.1) is 11.3 Å². The molecule has 0 saturated heterocycles. The number of benzene rings is 1. The summed E-state index contributed by atoms with van der Waals surface area (Å²) in [6.45, 7) is 0. The van der Waals surface area contributed by atoms with Gasteiger partial charge >= 0.3 is 5.97 Å². The van der Waals surface area contributed by atoms with Crippen molar-refractivity contribution in [2.45, 2.75) is 0 Å². The van der Waals surface area contributed by atoms with Crippen LogP contribution >= 0.6 is 0 Å². The van der Waals surface area contributed by atoms with Crippen molar-refractivity contribution in [1.82, 2.24) is 4.98 Å². The molecule has 0 unspecified atom stereocenters. The van der Waals surface area contributed by atoms with Crippen molar-refractivity contribution in [2.75, 3.05) is 0 Å². The van der Waals surface area contributed by atoms with Crippen LogP contribution in [0.15, 0.2) is 48.7 Å². The Hall–Kier alpha value is -2.49. The maximum Gasteiger partial charge on any atom is 0.336 e. The standard InChI is InChI=1S/C14H10FNO2/c15-13-7-2-1-6-11(13)12(14(17)18)9-10-5-3-4-8-16-10/h1-9H,(H,17,18)/b12-9+. The van der Waals surface area contributed by atoms with Gasteiger partial charge in [0.15, 0.2) is 0 Å². The molecule has 2 rings (SSSR count). The quantitative estimate of drug-likeness (QED) is 0.843. The average Bonchev–Trinajstić information content (AvgIpc) is 2.38. The maximum absolute atomic E-state index is 13.6. The van der Waals surface area contributed by atoms with Gasteiger partial charge in [-0.3, -0.25) is 4.98 Å². The Labute approximate surface area is 103 Å². The molecule has 0 fully saturated rings. The van der Waals surface area contributed by atoms with E-state index in [1.165, 1.54) is 24.3 Å². The Morgan fingerprint density at radius 1 is 1.17 bits per heavy atom. The molecular formula is C14H10FNO2. The first-order chi connectivity index (χ1) is 8.68. The van der Waals surface area contributed by atoms with E-state index in [1.54, 1.807) is 30.5 Å². The van der Waals surface area contributed by atoms with E-state index in [-0.39, 0.29) is 11.1 Å². The topological polar surface area (TPSA) is 50.2 Å². The predicted molar refractivity (Wildman–Crippen MR) is 66.1 cm³/mol. The molecule has 4 heteroatoms. The van der Waals surface area contributed by atoms with Crippen LogP contribution in [0, 0.1) is 5.82 Å². The van der Waals surface area contributed by atoms with Gasteiger partial charge in [-0.2, -0.15) is 0 Å². The fourth-order valence-corrected chi connectivity index (χ4v) is 1.54. The third-order valence-corrected chi connectivity index (χ3v) is 2.37. The largest absolute Gasteiger partial charge is 0.478 e. The highest BCUT2D eigenvalue weighted by Gasteiger charge is 2.14. The molecule has 1 heterocycles. The van der Waals surface area contributed by atoms with Gasteiger partial charge in [0.2, 0.25) is 0 Å². The lowest BCUT2D eigenvalue weighted by Gasteiger charge is -2.04. The van der Waals surface area contributed by atoms with Crippen LogP contribution in [-0.4, -0.2) is 16.1 Å². The number of hydrogen-bond acceptors (Lipinski definition) is 2. The number of rotatable bonds is 3. The number of carboxylic acid groups (broad SMARTS) is 1.